The number of nitrogens with one attached hydrogen (secondary N) is 1. The van der Waals surface area contributed by atoms with E-state index in [1.165, 1.54) is 6.20 Å². The molecule has 0 atom stereocenters. The summed E-state index contributed by atoms with van der Waals surface area (Å²) in [6.45, 7) is 1.79. The molecule has 0 unspecified atom stereocenters. The van der Waals surface area contributed by atoms with Crippen molar-refractivity contribution in [1.29, 1.82) is 0 Å². The minimum atomic E-state index is -3.93. The first-order valence-corrected chi connectivity index (χ1v) is 13.5. The van der Waals surface area contributed by atoms with Gasteiger partial charge in [0, 0.05) is 36.7 Å². The van der Waals surface area contributed by atoms with Crippen molar-refractivity contribution >= 4 is 32.6 Å². The van der Waals surface area contributed by atoms with Crippen LogP contribution in [0.25, 0.3) is 10.9 Å². The molecule has 2 aromatic carbocycles. The zero-order valence-electron chi connectivity index (χ0n) is 20.5. The lowest BCUT2D eigenvalue weighted by atomic mass is 10.1. The summed E-state index contributed by atoms with van der Waals surface area (Å²) in [5, 5.41) is 3.19. The molecular weight excluding hydrogens is 482 g/mol. The molecule has 0 bridgehead atoms. The second-order valence-corrected chi connectivity index (χ2v) is 10.7. The number of hydrogen-bond donors (Lipinski definition) is 1. The van der Waals surface area contributed by atoms with E-state index >= 15 is 0 Å². The number of amides is 2. The Hall–Kier alpha value is -3.53. The van der Waals surface area contributed by atoms with Crippen molar-refractivity contribution in [2.75, 3.05) is 39.6 Å². The maximum Gasteiger partial charge on any atom is 0.242 e. The van der Waals surface area contributed by atoms with Crippen molar-refractivity contribution in [3.8, 4) is 11.5 Å². The quantitative estimate of drug-likeness (QED) is 0.446. The number of sulfone groups is 1. The summed E-state index contributed by atoms with van der Waals surface area (Å²) in [5.41, 5.74) is 1.57. The number of nitrogens with zero attached hydrogens (tertiary/aromatic N) is 2. The average molecular weight is 514 g/mol. The van der Waals surface area contributed by atoms with Gasteiger partial charge < -0.3 is 24.3 Å². The molecule has 1 aromatic heterocycles. The van der Waals surface area contributed by atoms with E-state index in [1.54, 1.807) is 54.0 Å². The van der Waals surface area contributed by atoms with Crippen LogP contribution >= 0.6 is 0 Å². The number of ether oxygens (including phenoxy) is 2. The van der Waals surface area contributed by atoms with Crippen LogP contribution in [0, 0.1) is 0 Å². The fourth-order valence-corrected chi connectivity index (χ4v) is 5.89. The molecule has 4 rings (SSSR count). The monoisotopic (exact) mass is 513 g/mol. The highest BCUT2D eigenvalue weighted by Gasteiger charge is 2.26. The second kappa shape index (κ2) is 11.0. The maximum absolute atomic E-state index is 13.2. The zero-order valence-corrected chi connectivity index (χ0v) is 21.3. The van der Waals surface area contributed by atoms with E-state index in [0.717, 1.165) is 31.5 Å². The summed E-state index contributed by atoms with van der Waals surface area (Å²) in [6, 6.07) is 12.5. The van der Waals surface area contributed by atoms with E-state index in [9.17, 15) is 18.0 Å². The molecule has 0 aliphatic carbocycles. The molecule has 1 saturated heterocycles. The molecule has 1 N–H and O–H groups in total. The van der Waals surface area contributed by atoms with E-state index in [0.29, 0.717) is 28.8 Å². The average Bonchev–Trinajstić information content (AvgIpc) is 3.53. The molecular formula is C26H31N3O6S. The molecule has 9 nitrogen and oxygen atoms in total. The summed E-state index contributed by atoms with van der Waals surface area (Å²) in [7, 11) is -0.823. The molecule has 1 aliphatic rings. The number of fused-ring (bicyclic) bond motifs is 1. The third kappa shape index (κ3) is 5.64. The van der Waals surface area contributed by atoms with E-state index in [1.807, 2.05) is 12.1 Å². The van der Waals surface area contributed by atoms with Crippen LogP contribution in [0.2, 0.25) is 0 Å². The van der Waals surface area contributed by atoms with Gasteiger partial charge in [0.15, 0.2) is 21.3 Å². The Morgan fingerprint density at radius 1 is 1.00 bits per heavy atom. The lowest BCUT2D eigenvalue weighted by Crippen LogP contribution is -2.32. The molecule has 10 heteroatoms. The first kappa shape index (κ1) is 25.6. The third-order valence-corrected chi connectivity index (χ3v) is 7.99. The summed E-state index contributed by atoms with van der Waals surface area (Å²) < 4.78 is 38.6. The van der Waals surface area contributed by atoms with Gasteiger partial charge in [-0.05, 0) is 43.0 Å². The summed E-state index contributed by atoms with van der Waals surface area (Å²) in [6.07, 6.45) is 3.95. The first-order valence-electron chi connectivity index (χ1n) is 11.9. The van der Waals surface area contributed by atoms with Gasteiger partial charge in [0.25, 0.3) is 0 Å². The smallest absolute Gasteiger partial charge is 0.242 e. The predicted octanol–water partition coefficient (Wildman–Crippen LogP) is 2.41. The van der Waals surface area contributed by atoms with Crippen LogP contribution in [0.1, 0.15) is 18.4 Å². The van der Waals surface area contributed by atoms with E-state index in [4.69, 9.17) is 9.47 Å². The van der Waals surface area contributed by atoms with Crippen molar-refractivity contribution in [1.82, 2.24) is 14.8 Å². The van der Waals surface area contributed by atoms with Crippen LogP contribution in [0.4, 0.5) is 0 Å². The zero-order chi connectivity index (χ0) is 25.7. The van der Waals surface area contributed by atoms with Gasteiger partial charge in [-0.1, -0.05) is 24.3 Å². The van der Waals surface area contributed by atoms with E-state index < -0.39 is 21.5 Å². The van der Waals surface area contributed by atoms with Gasteiger partial charge in [0.05, 0.1) is 19.1 Å². The fraction of sp³-hybridized carbons (Fsp3) is 0.385. The van der Waals surface area contributed by atoms with Crippen LogP contribution in [-0.2, 0) is 32.4 Å². The number of rotatable bonds is 10. The Labute approximate surface area is 210 Å². The predicted molar refractivity (Wildman–Crippen MR) is 136 cm³/mol. The van der Waals surface area contributed by atoms with Crippen LogP contribution < -0.4 is 14.8 Å². The van der Waals surface area contributed by atoms with E-state index in [2.05, 4.69) is 5.32 Å². The molecule has 2 heterocycles. The summed E-state index contributed by atoms with van der Waals surface area (Å²) in [5.74, 6) is -0.0979. The normalized spacial score (nSPS) is 13.7. The van der Waals surface area contributed by atoms with Gasteiger partial charge in [-0.15, -0.1) is 0 Å². The summed E-state index contributed by atoms with van der Waals surface area (Å²) >= 11 is 0. The van der Waals surface area contributed by atoms with Crippen molar-refractivity contribution in [3.05, 3.63) is 54.2 Å². The SMILES string of the molecule is COc1ccc(CCNC(=O)CS(=O)(=O)c2cn(CC(=O)N3CCCC3)c3ccccc23)cc1OC. The van der Waals surface area contributed by atoms with Crippen LogP contribution in [0.5, 0.6) is 11.5 Å². The molecule has 1 fully saturated rings. The number of hydrogen-bond acceptors (Lipinski definition) is 6. The minimum absolute atomic E-state index is 0.0369. The number of benzene rings is 2. The van der Waals surface area contributed by atoms with Crippen LogP contribution in [-0.4, -0.2) is 69.3 Å². The molecule has 3 aromatic rings. The highest BCUT2D eigenvalue weighted by Crippen LogP contribution is 2.28. The lowest BCUT2D eigenvalue weighted by Gasteiger charge is -2.15. The Morgan fingerprint density at radius 2 is 1.72 bits per heavy atom. The molecule has 192 valence electrons. The van der Waals surface area contributed by atoms with Crippen molar-refractivity contribution in [2.45, 2.75) is 30.7 Å². The van der Waals surface area contributed by atoms with Crippen molar-refractivity contribution < 1.29 is 27.5 Å². The standard InChI is InChI=1S/C26H31N3O6S/c1-34-22-10-9-19(15-23(22)35-2)11-12-27-25(30)18-36(32,33)24-16-29(21-8-4-3-7-20(21)24)17-26(31)28-13-5-6-14-28/h3-4,7-10,15-16H,5-6,11-14,17-18H2,1-2H3,(H,27,30). The molecule has 0 radical (unpaired) electrons. The highest BCUT2D eigenvalue weighted by atomic mass is 32.2. The number of likely N-dealkylation sites (tertiary alicyclic amines) is 1. The molecule has 0 spiro atoms. The molecule has 2 amide bonds. The maximum atomic E-state index is 13.2. The van der Waals surface area contributed by atoms with Gasteiger partial charge >= 0.3 is 0 Å². The largest absolute Gasteiger partial charge is 0.493 e. The molecule has 1 aliphatic heterocycles. The Bertz CT molecular complexity index is 1360. The number of para-hydroxylation sites is 1. The van der Waals surface area contributed by atoms with E-state index in [-0.39, 0.29) is 23.9 Å². The second-order valence-electron chi connectivity index (χ2n) is 8.77. The van der Waals surface area contributed by atoms with Crippen molar-refractivity contribution in [3.63, 3.8) is 0 Å². The number of aromatic nitrogens is 1. The first-order chi connectivity index (χ1) is 17.3. The Morgan fingerprint density at radius 3 is 2.44 bits per heavy atom. The molecule has 0 saturated carbocycles. The summed E-state index contributed by atoms with van der Waals surface area (Å²) in [4.78, 5) is 27.1. The van der Waals surface area contributed by atoms with Gasteiger partial charge in [-0.25, -0.2) is 8.42 Å². The van der Waals surface area contributed by atoms with Gasteiger partial charge in [-0.3, -0.25) is 9.59 Å². The Balaban J connectivity index is 1.43. The number of carbonyl (C=O) groups is 2. The highest BCUT2D eigenvalue weighted by molar-refractivity contribution is 7.92. The number of carbonyl (C=O) groups excluding carboxylic acids is 2. The van der Waals surface area contributed by atoms with Crippen LogP contribution in [0.15, 0.2) is 53.6 Å². The van der Waals surface area contributed by atoms with Crippen LogP contribution in [0.3, 0.4) is 0 Å². The van der Waals surface area contributed by atoms with Gasteiger partial charge in [0.1, 0.15) is 12.3 Å². The van der Waals surface area contributed by atoms with Gasteiger partial charge in [0.2, 0.25) is 11.8 Å². The molecule has 36 heavy (non-hydrogen) atoms. The number of methoxy groups -OCH3 is 2. The third-order valence-electron chi connectivity index (χ3n) is 6.36. The fourth-order valence-electron chi connectivity index (χ4n) is 4.49. The minimum Gasteiger partial charge on any atom is -0.493 e. The van der Waals surface area contributed by atoms with Crippen molar-refractivity contribution in [2.24, 2.45) is 0 Å². The lowest BCUT2D eigenvalue weighted by molar-refractivity contribution is -0.130. The van der Waals surface area contributed by atoms with Gasteiger partial charge in [-0.2, -0.15) is 0 Å². The Kier molecular flexibility index (Phi) is 7.83. The topological polar surface area (TPSA) is 107 Å².